The van der Waals surface area contributed by atoms with Crippen LogP contribution in [0.4, 0.5) is 0 Å². The molecule has 1 N–H and O–H groups in total. The number of allylic oxidation sites excluding steroid dienone is 1. The van der Waals surface area contributed by atoms with Crippen LogP contribution in [0.3, 0.4) is 0 Å². The van der Waals surface area contributed by atoms with Crippen LogP contribution < -0.4 is 5.32 Å². The Morgan fingerprint density at radius 1 is 1.15 bits per heavy atom. The van der Waals surface area contributed by atoms with Gasteiger partial charge >= 0.3 is 5.97 Å². The summed E-state index contributed by atoms with van der Waals surface area (Å²) in [5.41, 5.74) is 3.31. The van der Waals surface area contributed by atoms with Crippen LogP contribution in [0.25, 0.3) is 22.1 Å². The number of thioether (sulfide) groups is 1. The highest BCUT2D eigenvalue weighted by Crippen LogP contribution is 2.27. The number of para-hydroxylation sites is 1. The Kier molecular flexibility index (Phi) is 6.99. The van der Waals surface area contributed by atoms with Gasteiger partial charge in [-0.05, 0) is 11.6 Å². The summed E-state index contributed by atoms with van der Waals surface area (Å²) >= 11 is 1.16. The molecule has 1 amide bonds. The second-order valence-corrected chi connectivity index (χ2v) is 8.25. The molecule has 0 spiro atoms. The van der Waals surface area contributed by atoms with Crippen molar-refractivity contribution in [2.24, 2.45) is 0 Å². The fraction of sp³-hybridized carbons (Fsp3) is 0.208. The number of methoxy groups -OCH3 is 1. The van der Waals surface area contributed by atoms with Crippen molar-refractivity contribution in [1.82, 2.24) is 25.1 Å². The Hall–Kier alpha value is -3.72. The third-order valence-corrected chi connectivity index (χ3v) is 5.94. The van der Waals surface area contributed by atoms with Crippen molar-refractivity contribution < 1.29 is 14.3 Å². The Balaban J connectivity index is 1.48. The number of nitrogens with zero attached hydrogens (tertiary/aromatic N) is 4. The lowest BCUT2D eigenvalue weighted by molar-refractivity contribution is -0.144. The number of benzene rings is 2. The van der Waals surface area contributed by atoms with E-state index in [9.17, 15) is 9.59 Å². The molecule has 2 aromatic carbocycles. The minimum absolute atomic E-state index is 0.0388. The van der Waals surface area contributed by atoms with Gasteiger partial charge in [0.05, 0.1) is 18.4 Å². The molecule has 4 aromatic rings. The van der Waals surface area contributed by atoms with Gasteiger partial charge in [-0.25, -0.2) is 9.78 Å². The second-order valence-electron chi connectivity index (χ2n) is 7.30. The smallest absolute Gasteiger partial charge is 0.328 e. The lowest BCUT2D eigenvalue weighted by Crippen LogP contribution is -2.43. The number of fused-ring (bicyclic) bond motifs is 3. The third kappa shape index (κ3) is 5.04. The number of amides is 1. The molecule has 8 nitrogen and oxygen atoms in total. The zero-order valence-corrected chi connectivity index (χ0v) is 18.9. The van der Waals surface area contributed by atoms with E-state index in [1.165, 1.54) is 7.11 Å². The standard InChI is InChI=1S/C24H23N5O3S/c1-3-13-29-19-12-8-7-11-17(19)21-22(29)26-24(28-27-21)33-15-20(30)25-18(23(31)32-2)14-16-9-5-4-6-10-16/h3-12,18H,1,13-15H2,2H3,(H,25,30)/t18-/m0/s1. The molecular weight excluding hydrogens is 438 g/mol. The van der Waals surface area contributed by atoms with Gasteiger partial charge in [-0.3, -0.25) is 4.79 Å². The minimum Gasteiger partial charge on any atom is -0.467 e. The summed E-state index contributed by atoms with van der Waals surface area (Å²) in [6, 6.07) is 16.6. The maximum atomic E-state index is 12.6. The first-order valence-electron chi connectivity index (χ1n) is 10.4. The van der Waals surface area contributed by atoms with Crippen molar-refractivity contribution in [1.29, 1.82) is 0 Å². The molecule has 0 aliphatic rings. The van der Waals surface area contributed by atoms with Crippen molar-refractivity contribution >= 4 is 45.7 Å². The molecule has 0 aliphatic heterocycles. The first kappa shape index (κ1) is 22.5. The number of ether oxygens (including phenoxy) is 1. The summed E-state index contributed by atoms with van der Waals surface area (Å²) < 4.78 is 6.87. The van der Waals surface area contributed by atoms with Crippen LogP contribution in [0.2, 0.25) is 0 Å². The molecule has 33 heavy (non-hydrogen) atoms. The molecule has 0 bridgehead atoms. The van der Waals surface area contributed by atoms with Crippen LogP contribution in [-0.2, 0) is 27.3 Å². The molecule has 0 saturated heterocycles. The summed E-state index contributed by atoms with van der Waals surface area (Å²) in [6.45, 7) is 4.41. The number of aromatic nitrogens is 4. The molecule has 4 rings (SSSR count). The highest BCUT2D eigenvalue weighted by Gasteiger charge is 2.22. The summed E-state index contributed by atoms with van der Waals surface area (Å²) in [6.07, 6.45) is 2.14. The fourth-order valence-corrected chi connectivity index (χ4v) is 4.21. The van der Waals surface area contributed by atoms with E-state index < -0.39 is 12.0 Å². The monoisotopic (exact) mass is 461 g/mol. The third-order valence-electron chi connectivity index (χ3n) is 5.10. The van der Waals surface area contributed by atoms with Crippen molar-refractivity contribution in [2.45, 2.75) is 24.2 Å². The SMILES string of the molecule is C=CCn1c2ccccc2c2nnc(SCC(=O)N[C@@H](Cc3ccccc3)C(=O)OC)nc21. The number of rotatable bonds is 9. The van der Waals surface area contributed by atoms with E-state index in [1.807, 2.05) is 59.2 Å². The van der Waals surface area contributed by atoms with Gasteiger partial charge in [-0.1, -0.05) is 66.4 Å². The molecule has 0 radical (unpaired) electrons. The lowest BCUT2D eigenvalue weighted by Gasteiger charge is -2.16. The van der Waals surface area contributed by atoms with Gasteiger partial charge in [0.1, 0.15) is 11.6 Å². The van der Waals surface area contributed by atoms with Gasteiger partial charge in [0, 0.05) is 18.4 Å². The number of hydrogen-bond acceptors (Lipinski definition) is 7. The van der Waals surface area contributed by atoms with Gasteiger partial charge in [0.15, 0.2) is 5.65 Å². The topological polar surface area (TPSA) is 99.0 Å². The molecule has 0 unspecified atom stereocenters. The number of esters is 1. The zero-order chi connectivity index (χ0) is 23.2. The first-order chi connectivity index (χ1) is 16.1. The summed E-state index contributed by atoms with van der Waals surface area (Å²) in [4.78, 5) is 29.4. The molecule has 0 aliphatic carbocycles. The predicted octanol–water partition coefficient (Wildman–Crippen LogP) is 3.16. The molecule has 2 aromatic heterocycles. The van der Waals surface area contributed by atoms with Crippen molar-refractivity contribution in [3.63, 3.8) is 0 Å². The largest absolute Gasteiger partial charge is 0.467 e. The average molecular weight is 462 g/mol. The van der Waals surface area contributed by atoms with Gasteiger partial charge in [0.25, 0.3) is 0 Å². The van der Waals surface area contributed by atoms with Gasteiger partial charge < -0.3 is 14.6 Å². The lowest BCUT2D eigenvalue weighted by atomic mass is 10.1. The maximum absolute atomic E-state index is 12.6. The Morgan fingerprint density at radius 2 is 1.91 bits per heavy atom. The summed E-state index contributed by atoms with van der Waals surface area (Å²) in [5.74, 6) is -0.774. The second kappa shape index (κ2) is 10.3. The zero-order valence-electron chi connectivity index (χ0n) is 18.1. The minimum atomic E-state index is -0.776. The van der Waals surface area contributed by atoms with Crippen LogP contribution in [0.1, 0.15) is 5.56 Å². The summed E-state index contributed by atoms with van der Waals surface area (Å²) in [7, 11) is 1.30. The van der Waals surface area contributed by atoms with Crippen molar-refractivity contribution in [3.8, 4) is 0 Å². The van der Waals surface area contributed by atoms with E-state index >= 15 is 0 Å². The number of carbonyl (C=O) groups is 2. The van der Waals surface area contributed by atoms with Gasteiger partial charge in [-0.2, -0.15) is 0 Å². The molecule has 2 heterocycles. The molecular formula is C24H23N5O3S. The Bertz CT molecular complexity index is 1310. The van der Waals surface area contributed by atoms with Crippen molar-refractivity contribution in [3.05, 3.63) is 72.8 Å². The Labute approximate surface area is 195 Å². The Morgan fingerprint density at radius 3 is 2.67 bits per heavy atom. The van der Waals surface area contributed by atoms with E-state index in [0.29, 0.717) is 29.3 Å². The van der Waals surface area contributed by atoms with E-state index in [-0.39, 0.29) is 11.7 Å². The first-order valence-corrected chi connectivity index (χ1v) is 11.4. The van der Waals surface area contributed by atoms with Gasteiger partial charge in [0.2, 0.25) is 11.1 Å². The quantitative estimate of drug-likeness (QED) is 0.232. The molecule has 0 fully saturated rings. The summed E-state index contributed by atoms with van der Waals surface area (Å²) in [5, 5.41) is 12.6. The predicted molar refractivity (Wildman–Crippen MR) is 128 cm³/mol. The normalized spacial score (nSPS) is 11.9. The molecule has 9 heteroatoms. The van der Waals surface area contributed by atoms with E-state index in [1.54, 1.807) is 6.08 Å². The highest BCUT2D eigenvalue weighted by molar-refractivity contribution is 7.99. The van der Waals surface area contributed by atoms with E-state index in [2.05, 4.69) is 27.1 Å². The van der Waals surface area contributed by atoms with Gasteiger partial charge in [-0.15, -0.1) is 16.8 Å². The van der Waals surface area contributed by atoms with Crippen LogP contribution in [0.5, 0.6) is 0 Å². The number of carbonyl (C=O) groups excluding carboxylic acids is 2. The van der Waals surface area contributed by atoms with E-state index in [4.69, 9.17) is 4.74 Å². The molecule has 168 valence electrons. The van der Waals surface area contributed by atoms with Crippen LogP contribution in [-0.4, -0.2) is 50.5 Å². The van der Waals surface area contributed by atoms with Crippen LogP contribution >= 0.6 is 11.8 Å². The van der Waals surface area contributed by atoms with Crippen molar-refractivity contribution in [2.75, 3.05) is 12.9 Å². The van der Waals surface area contributed by atoms with E-state index in [0.717, 1.165) is 28.2 Å². The molecule has 0 saturated carbocycles. The maximum Gasteiger partial charge on any atom is 0.328 e. The highest BCUT2D eigenvalue weighted by atomic mass is 32.2. The van der Waals surface area contributed by atoms with Crippen LogP contribution in [0.15, 0.2) is 72.4 Å². The van der Waals surface area contributed by atoms with Crippen LogP contribution in [0, 0.1) is 0 Å². The number of nitrogens with one attached hydrogen (secondary N) is 1. The number of hydrogen-bond donors (Lipinski definition) is 1. The fourth-order valence-electron chi connectivity index (χ4n) is 3.62. The average Bonchev–Trinajstić information content (AvgIpc) is 3.16. The molecule has 1 atom stereocenters.